The molecular formula is C44H54ClFN4O8. The number of unbranched alkanes of at least 4 members (excludes halogenated alkanes) is 1. The van der Waals surface area contributed by atoms with E-state index in [1.165, 1.54) is 12.1 Å². The van der Waals surface area contributed by atoms with Crippen LogP contribution in [0.1, 0.15) is 101 Å². The van der Waals surface area contributed by atoms with E-state index in [1.54, 1.807) is 70.0 Å². The average molecular weight is 821 g/mol. The molecule has 2 aromatic heterocycles. The Morgan fingerprint density at radius 2 is 1.62 bits per heavy atom. The first-order chi connectivity index (χ1) is 27.3. The quantitative estimate of drug-likeness (QED) is 0.105. The van der Waals surface area contributed by atoms with Crippen LogP contribution in [0, 0.1) is 12.7 Å². The van der Waals surface area contributed by atoms with Crippen molar-refractivity contribution < 1.29 is 43.2 Å². The van der Waals surface area contributed by atoms with Crippen LogP contribution in [-0.4, -0.2) is 72.0 Å². The van der Waals surface area contributed by atoms with Gasteiger partial charge in [-0.25, -0.2) is 23.7 Å². The van der Waals surface area contributed by atoms with Crippen LogP contribution in [0.3, 0.4) is 0 Å². The highest BCUT2D eigenvalue weighted by atomic mass is 35.5. The number of aryl methyl sites for hydroxylation is 4. The van der Waals surface area contributed by atoms with E-state index in [0.29, 0.717) is 76.2 Å². The summed E-state index contributed by atoms with van der Waals surface area (Å²) in [5.41, 5.74) is 2.71. The second-order valence-electron chi connectivity index (χ2n) is 16.3. The number of carboxylic acids is 1. The van der Waals surface area contributed by atoms with E-state index in [2.05, 4.69) is 5.10 Å². The molecule has 0 saturated carbocycles. The lowest BCUT2D eigenvalue weighted by atomic mass is 9.93. The molecule has 2 heterocycles. The summed E-state index contributed by atoms with van der Waals surface area (Å²) in [5.74, 6) is -0.886. The van der Waals surface area contributed by atoms with Crippen molar-refractivity contribution in [2.45, 2.75) is 112 Å². The highest BCUT2D eigenvalue weighted by molar-refractivity contribution is 6.35. The molecule has 0 aliphatic heterocycles. The molecule has 0 atom stereocenters. The van der Waals surface area contributed by atoms with Gasteiger partial charge in [-0.3, -0.25) is 4.68 Å². The molecule has 0 spiro atoms. The molecule has 14 heteroatoms. The lowest BCUT2D eigenvalue weighted by molar-refractivity contribution is 0.00113. The van der Waals surface area contributed by atoms with E-state index in [9.17, 15) is 29.0 Å². The maximum absolute atomic E-state index is 13.9. The molecular weight excluding hydrogens is 767 g/mol. The van der Waals surface area contributed by atoms with E-state index in [0.717, 1.165) is 26.9 Å². The number of carbonyl (C=O) groups excluding carboxylic acids is 2. The molecule has 2 N–H and O–H groups in total. The molecule has 0 radical (unpaired) electrons. The van der Waals surface area contributed by atoms with Gasteiger partial charge in [0, 0.05) is 47.7 Å². The second kappa shape index (κ2) is 17.8. The van der Waals surface area contributed by atoms with Crippen LogP contribution in [0.2, 0.25) is 5.02 Å². The summed E-state index contributed by atoms with van der Waals surface area (Å²) in [6, 6.07) is 11.8. The van der Waals surface area contributed by atoms with E-state index in [-0.39, 0.29) is 37.8 Å². The van der Waals surface area contributed by atoms with Gasteiger partial charge in [0.1, 0.15) is 28.5 Å². The van der Waals surface area contributed by atoms with Crippen LogP contribution in [0.25, 0.3) is 32.8 Å². The number of carboxylic acid groups (broad SMARTS) is 1. The van der Waals surface area contributed by atoms with Crippen molar-refractivity contribution in [1.82, 2.24) is 19.2 Å². The summed E-state index contributed by atoms with van der Waals surface area (Å²) in [5, 5.41) is 28.6. The Balaban J connectivity index is 1.57. The minimum Gasteiger partial charge on any atom is -0.493 e. The van der Waals surface area contributed by atoms with Crippen LogP contribution in [-0.2, 0) is 42.5 Å². The monoisotopic (exact) mass is 820 g/mol. The zero-order valence-electron chi connectivity index (χ0n) is 34.8. The summed E-state index contributed by atoms with van der Waals surface area (Å²) in [6.07, 6.45) is 0.293. The molecule has 12 nitrogen and oxygen atoms in total. The number of carbonyl (C=O) groups is 3. The van der Waals surface area contributed by atoms with Gasteiger partial charge in [0.25, 0.3) is 0 Å². The zero-order valence-corrected chi connectivity index (χ0v) is 35.6. The smallest absolute Gasteiger partial charge is 0.419 e. The number of fused-ring (bicyclic) bond motifs is 2. The lowest BCUT2D eigenvalue weighted by Gasteiger charge is -2.28. The number of aliphatic hydroxyl groups excluding tert-OH is 1. The normalized spacial score (nSPS) is 12.0. The molecule has 0 saturated heterocycles. The Hall–Kier alpha value is -5.14. The predicted octanol–water partition coefficient (Wildman–Crippen LogP) is 10.0. The molecule has 0 fully saturated rings. The first-order valence-corrected chi connectivity index (χ1v) is 19.9. The Morgan fingerprint density at radius 1 is 0.948 bits per heavy atom. The Labute approximate surface area is 343 Å². The van der Waals surface area contributed by atoms with E-state index in [1.807, 2.05) is 32.0 Å². The van der Waals surface area contributed by atoms with Gasteiger partial charge in [-0.15, -0.1) is 0 Å². The number of hydrogen-bond donors (Lipinski definition) is 2. The number of benzene rings is 3. The van der Waals surface area contributed by atoms with Crippen molar-refractivity contribution in [3.8, 4) is 16.9 Å². The van der Waals surface area contributed by atoms with Gasteiger partial charge in [-0.1, -0.05) is 30.7 Å². The molecule has 5 rings (SSSR count). The molecule has 0 aliphatic rings. The number of hydrogen-bond acceptors (Lipinski definition) is 8. The number of nitrogens with zero attached hydrogens (tertiary/aromatic N) is 4. The summed E-state index contributed by atoms with van der Waals surface area (Å²) >= 11 is 7.14. The fraction of sp³-hybridized carbons (Fsp3) is 0.455. The number of aliphatic hydroxyl groups is 1. The number of rotatable bonds is 14. The number of aromatic carboxylic acids is 1. The minimum atomic E-state index is -1.14. The fourth-order valence-corrected chi connectivity index (χ4v) is 7.56. The van der Waals surface area contributed by atoms with Crippen LogP contribution < -0.4 is 4.74 Å². The molecule has 0 bridgehead atoms. The standard InChI is InChI=1S/C44H54ClFN4O8/c1-10-27-24-32(45)37(35-26(2)48(9)47-33(35)25-51)39-36(27)31(16-14-22-56-34-17-13-15-28-23-29(46)18-19-30(28)34)38(40(52)53)49(39)20-11-12-21-50(41(54)57-43(3,4)5)42(55)58-44(6,7)8/h13,15,17-19,23-24,51H,10-12,14,16,20-22,25H2,1-9H3,(H,52,53). The van der Waals surface area contributed by atoms with Crippen LogP contribution in [0.15, 0.2) is 42.5 Å². The van der Waals surface area contributed by atoms with Gasteiger partial charge in [0.05, 0.1) is 29.4 Å². The van der Waals surface area contributed by atoms with Gasteiger partial charge in [0.2, 0.25) is 0 Å². The number of imide groups is 1. The van der Waals surface area contributed by atoms with Crippen LogP contribution in [0.5, 0.6) is 5.75 Å². The van der Waals surface area contributed by atoms with Crippen molar-refractivity contribution in [2.24, 2.45) is 7.05 Å². The van der Waals surface area contributed by atoms with Crippen molar-refractivity contribution in [3.05, 3.63) is 81.5 Å². The third-order valence-corrected chi connectivity index (χ3v) is 10.0. The summed E-state index contributed by atoms with van der Waals surface area (Å²) in [6.45, 7) is 14.1. The maximum atomic E-state index is 13.9. The third-order valence-electron chi connectivity index (χ3n) is 9.72. The highest BCUT2D eigenvalue weighted by Crippen LogP contribution is 2.44. The molecule has 312 valence electrons. The molecule has 5 aromatic rings. The zero-order chi connectivity index (χ0) is 42.7. The average Bonchev–Trinajstić information content (AvgIpc) is 3.60. The van der Waals surface area contributed by atoms with Gasteiger partial charge in [0.15, 0.2) is 0 Å². The van der Waals surface area contributed by atoms with E-state index < -0.39 is 29.4 Å². The first-order valence-electron chi connectivity index (χ1n) is 19.5. The Kier molecular flexibility index (Phi) is 13.5. The summed E-state index contributed by atoms with van der Waals surface area (Å²) in [4.78, 5) is 40.8. The summed E-state index contributed by atoms with van der Waals surface area (Å²) in [7, 11) is 1.77. The number of aromatic nitrogens is 3. The van der Waals surface area contributed by atoms with Crippen molar-refractivity contribution in [1.29, 1.82) is 0 Å². The molecule has 3 aromatic carbocycles. The topological polar surface area (TPSA) is 145 Å². The van der Waals surface area contributed by atoms with Gasteiger partial charge in [-0.2, -0.15) is 5.10 Å². The Bertz CT molecular complexity index is 2310. The molecule has 0 unspecified atom stereocenters. The van der Waals surface area contributed by atoms with Crippen LogP contribution in [0.4, 0.5) is 14.0 Å². The largest absolute Gasteiger partial charge is 0.493 e. The number of halogens is 2. The summed E-state index contributed by atoms with van der Waals surface area (Å²) < 4.78 is 34.6. The first kappa shape index (κ1) is 44.0. The van der Waals surface area contributed by atoms with Crippen molar-refractivity contribution in [2.75, 3.05) is 13.2 Å². The lowest BCUT2D eigenvalue weighted by Crippen LogP contribution is -2.44. The minimum absolute atomic E-state index is 0.0410. The maximum Gasteiger partial charge on any atom is 0.419 e. The fourth-order valence-electron chi connectivity index (χ4n) is 7.24. The highest BCUT2D eigenvalue weighted by Gasteiger charge is 2.32. The van der Waals surface area contributed by atoms with Gasteiger partial charge < -0.3 is 29.0 Å². The molecule has 58 heavy (non-hydrogen) atoms. The van der Waals surface area contributed by atoms with E-state index >= 15 is 0 Å². The number of amides is 2. The van der Waals surface area contributed by atoms with Crippen molar-refractivity contribution >= 4 is 51.4 Å². The van der Waals surface area contributed by atoms with Gasteiger partial charge >= 0.3 is 18.2 Å². The molecule has 0 aliphatic carbocycles. The predicted molar refractivity (Wildman–Crippen MR) is 222 cm³/mol. The van der Waals surface area contributed by atoms with Gasteiger partial charge in [-0.05, 0) is 127 Å². The Morgan fingerprint density at radius 3 is 2.22 bits per heavy atom. The van der Waals surface area contributed by atoms with Crippen molar-refractivity contribution in [3.63, 3.8) is 0 Å². The van der Waals surface area contributed by atoms with Crippen LogP contribution >= 0.6 is 11.6 Å². The van der Waals surface area contributed by atoms with E-state index in [4.69, 9.17) is 25.8 Å². The third kappa shape index (κ3) is 9.75. The second-order valence-corrected chi connectivity index (χ2v) is 16.7. The number of ether oxygens (including phenoxy) is 3. The SMILES string of the molecule is CCc1cc(Cl)c(-c2c(CO)nn(C)c2C)c2c1c(CCCOc1cccc3cc(F)ccc13)c(C(=O)O)n2CCCCN(C(=O)OC(C)(C)C)C(=O)OC(C)(C)C. The molecule has 2 amide bonds.